The van der Waals surface area contributed by atoms with Crippen molar-refractivity contribution in [1.82, 2.24) is 0 Å². The van der Waals surface area contributed by atoms with Crippen molar-refractivity contribution in [2.45, 2.75) is 0 Å². The molecule has 0 aliphatic heterocycles. The molecule has 0 N–H and O–H groups in total. The zero-order valence-corrected chi connectivity index (χ0v) is 22.2. The van der Waals surface area contributed by atoms with Gasteiger partial charge in [-0.05, 0) is 0 Å². The van der Waals surface area contributed by atoms with Gasteiger partial charge in [-0.1, -0.05) is 0 Å². The molecule has 0 heterocycles. The van der Waals surface area contributed by atoms with Gasteiger partial charge >= 0.3 is 75.6 Å². The zero-order valence-electron chi connectivity index (χ0n) is 2.70. The molecule has 0 aromatic carbocycles. The van der Waals surface area contributed by atoms with Crippen LogP contribution in [-0.2, 0) is 27.7 Å². The van der Waals surface area contributed by atoms with E-state index in [1.165, 1.54) is 0 Å². The summed E-state index contributed by atoms with van der Waals surface area (Å²) in [5, 5.41) is 0. The van der Waals surface area contributed by atoms with Crippen LogP contribution in [-0.4, -0.2) is 103 Å². The fourth-order valence-corrected chi connectivity index (χ4v) is 0. The van der Waals surface area contributed by atoms with Gasteiger partial charge in [0.25, 0.3) is 0 Å². The van der Waals surface area contributed by atoms with E-state index in [-0.39, 0.29) is 131 Å². The van der Waals surface area contributed by atoms with E-state index in [0.717, 1.165) is 0 Å². The van der Waals surface area contributed by atoms with Crippen LogP contribution in [0.15, 0.2) is 0 Å². The second-order valence-electron chi connectivity index (χ2n) is 0. The van der Waals surface area contributed by atoms with E-state index in [2.05, 4.69) is 0 Å². The summed E-state index contributed by atoms with van der Waals surface area (Å²) in [4.78, 5) is 0. The Labute approximate surface area is 127 Å². The molecule has 0 aromatic heterocycles. The topological polar surface area (TPSA) is 0 Å². The maximum atomic E-state index is 0. The summed E-state index contributed by atoms with van der Waals surface area (Å²) < 4.78 is 0. The van der Waals surface area contributed by atoms with Crippen LogP contribution in [0.3, 0.4) is 0 Å². The van der Waals surface area contributed by atoms with Gasteiger partial charge in [-0.15, -0.1) is 0 Å². The first-order valence-electron chi connectivity index (χ1n) is 0. The maximum absolute atomic E-state index is 0. The monoisotopic (exact) mass is 865 g/mol. The van der Waals surface area contributed by atoms with Crippen LogP contribution >= 0.6 is 0 Å². The Morgan fingerprint density at radius 3 is 1.00 bits per heavy atom. The molecule has 0 rings (SSSR count). The van der Waals surface area contributed by atoms with Gasteiger partial charge in [0, 0.05) is 55.0 Å². The van der Waals surface area contributed by atoms with Gasteiger partial charge in [-0.25, -0.2) is 0 Å². The molecule has 0 unspecified atom stereocenters. The standard InChI is InChI=1S/Hg.Pb.Sb.Sn.Tl.9H. The molecule has 0 saturated heterocycles. The summed E-state index contributed by atoms with van der Waals surface area (Å²) in [6, 6.07) is 0. The Hall–Kier alpha value is 4.40. The first kappa shape index (κ1) is 34.3. The molecule has 0 nitrogen and oxygen atoms in total. The third kappa shape index (κ3) is 17.8. The van der Waals surface area contributed by atoms with Crippen molar-refractivity contribution in [3.05, 3.63) is 0 Å². The first-order valence-corrected chi connectivity index (χ1v) is 0. The predicted molar refractivity (Wildman–Crippen MR) is 35.6 cm³/mol. The normalized spacial score (nSPS) is 0. The van der Waals surface area contributed by atoms with Gasteiger partial charge in [0.1, 0.15) is 0 Å². The minimum absolute atomic E-state index is 0. The molecule has 0 fully saturated rings. The van der Waals surface area contributed by atoms with Crippen LogP contribution in [0.25, 0.3) is 0 Å². The van der Waals surface area contributed by atoms with Crippen LogP contribution < -0.4 is 0 Å². The van der Waals surface area contributed by atoms with Crippen molar-refractivity contribution in [2.75, 3.05) is 0 Å². The van der Waals surface area contributed by atoms with Gasteiger partial charge in [0.05, 0.1) is 0 Å². The molecule has 0 spiro atoms. The minimum Gasteiger partial charge on any atom is 0 e. The Kier molecular flexibility index (Phi) is 163. The van der Waals surface area contributed by atoms with Crippen molar-refractivity contribution in [3.63, 3.8) is 0 Å². The third-order valence-corrected chi connectivity index (χ3v) is 0. The molecule has 0 aliphatic carbocycles. The van der Waals surface area contributed by atoms with Crippen LogP contribution in [0.2, 0.25) is 0 Å². The Bertz CT molecular complexity index is 11.6. The predicted octanol–water partition coefficient (Wildman–Crippen LogP) is -3.94. The van der Waals surface area contributed by atoms with Gasteiger partial charge in [-0.3, -0.25) is 0 Å². The average molecular weight is 862 g/mol. The van der Waals surface area contributed by atoms with Gasteiger partial charge in [0.2, 0.25) is 0 Å². The minimum atomic E-state index is 0. The molecular weight excluding hydrogens is 853 g/mol. The molecule has 0 aromatic rings. The molecule has 5 heteroatoms. The van der Waals surface area contributed by atoms with Crippen LogP contribution in [0, 0.1) is 0 Å². The van der Waals surface area contributed by atoms with Gasteiger partial charge < -0.3 is 0 Å². The van der Waals surface area contributed by atoms with Crippen molar-refractivity contribution in [3.8, 4) is 0 Å². The number of hydrogen-bond acceptors (Lipinski definition) is 0. The first-order chi connectivity index (χ1) is 0. The average Bonchev–Trinajstić information content (AvgIpc) is 0. The molecule has 0 aliphatic rings. The van der Waals surface area contributed by atoms with Crippen molar-refractivity contribution < 1.29 is 27.7 Å². The molecule has 0 amide bonds. The van der Waals surface area contributed by atoms with Crippen LogP contribution in [0.1, 0.15) is 0 Å². The summed E-state index contributed by atoms with van der Waals surface area (Å²) >= 11 is 0. The largest absolute Gasteiger partial charge is 0 e. The number of rotatable bonds is 0. The smallest absolute Gasteiger partial charge is 0 e. The van der Waals surface area contributed by atoms with E-state index in [1.807, 2.05) is 0 Å². The fraction of sp³-hybridized carbons (Fsp3) is 0. The van der Waals surface area contributed by atoms with E-state index < -0.39 is 0 Å². The number of hydrogen-bond donors (Lipinski definition) is 0. The Morgan fingerprint density at radius 1 is 1.00 bits per heavy atom. The van der Waals surface area contributed by atoms with E-state index in [9.17, 15) is 0 Å². The van der Waals surface area contributed by atoms with Gasteiger partial charge in [0.15, 0.2) is 0 Å². The van der Waals surface area contributed by atoms with Crippen LogP contribution in [0.4, 0.5) is 0 Å². The van der Waals surface area contributed by atoms with E-state index >= 15 is 0 Å². The maximum Gasteiger partial charge on any atom is 0 e. The Morgan fingerprint density at radius 2 is 1.00 bits per heavy atom. The Balaban J connectivity index is 0. The summed E-state index contributed by atoms with van der Waals surface area (Å²) in [5.41, 5.74) is 0. The van der Waals surface area contributed by atoms with Crippen molar-refractivity contribution in [1.29, 1.82) is 0 Å². The van der Waals surface area contributed by atoms with Gasteiger partial charge in [-0.2, -0.15) is 0 Å². The van der Waals surface area contributed by atoms with Crippen molar-refractivity contribution in [2.24, 2.45) is 0 Å². The SMILES string of the molecule is [Hg].[PbH2].[SbH3].[SnH4].[Tl]. The van der Waals surface area contributed by atoms with E-state index in [0.29, 0.717) is 0 Å². The summed E-state index contributed by atoms with van der Waals surface area (Å²) in [6.45, 7) is 0. The summed E-state index contributed by atoms with van der Waals surface area (Å²) in [5.74, 6) is 0. The molecule has 0 bridgehead atoms. The molecule has 5 heavy (non-hydrogen) atoms. The fourth-order valence-electron chi connectivity index (χ4n) is 0. The van der Waals surface area contributed by atoms with E-state index in [1.54, 1.807) is 0 Å². The summed E-state index contributed by atoms with van der Waals surface area (Å²) in [6.07, 6.45) is 0. The molecule has 3 radical (unpaired) electrons. The molecule has 0 saturated carbocycles. The second kappa shape index (κ2) is 23.8. The van der Waals surface area contributed by atoms with E-state index in [4.69, 9.17) is 0 Å². The molecule has 27 valence electrons. The summed E-state index contributed by atoms with van der Waals surface area (Å²) in [7, 11) is 0. The molecular formula is H9HgPbSbSnTl. The van der Waals surface area contributed by atoms with Crippen LogP contribution in [0.5, 0.6) is 0 Å². The zero-order chi connectivity index (χ0) is 0. The third-order valence-electron chi connectivity index (χ3n) is 0. The quantitative estimate of drug-likeness (QED) is 0.219. The van der Waals surface area contributed by atoms with Crippen molar-refractivity contribution >= 4 is 103 Å². The molecule has 0 atom stereocenters. The second-order valence-corrected chi connectivity index (χ2v) is 0.